The van der Waals surface area contributed by atoms with E-state index in [4.69, 9.17) is 0 Å². The third-order valence-corrected chi connectivity index (χ3v) is 4.72. The van der Waals surface area contributed by atoms with Gasteiger partial charge in [-0.3, -0.25) is 0 Å². The van der Waals surface area contributed by atoms with Gasteiger partial charge in [-0.2, -0.15) is 0 Å². The van der Waals surface area contributed by atoms with Gasteiger partial charge in [0.25, 0.3) is 0 Å². The van der Waals surface area contributed by atoms with Crippen molar-refractivity contribution in [1.82, 2.24) is 10.3 Å². The quantitative estimate of drug-likeness (QED) is 0.873. The number of aryl methyl sites for hydroxylation is 1. The summed E-state index contributed by atoms with van der Waals surface area (Å²) in [6.45, 7) is 2.95. The summed E-state index contributed by atoms with van der Waals surface area (Å²) in [5.41, 5.74) is 2.30. The number of nitrogens with one attached hydrogen (secondary N) is 1. The van der Waals surface area contributed by atoms with Crippen molar-refractivity contribution in [3.8, 4) is 0 Å². The van der Waals surface area contributed by atoms with E-state index in [1.54, 1.807) is 23.5 Å². The third-order valence-electron chi connectivity index (χ3n) is 3.69. The van der Waals surface area contributed by atoms with Gasteiger partial charge in [0, 0.05) is 30.1 Å². The molecule has 0 saturated heterocycles. The summed E-state index contributed by atoms with van der Waals surface area (Å²) in [7, 11) is 0. The minimum Gasteiger partial charge on any atom is -0.309 e. The second-order valence-electron chi connectivity index (χ2n) is 5.45. The normalized spacial score (nSPS) is 16.3. The fourth-order valence-electron chi connectivity index (χ4n) is 2.51. The SMILES string of the molecule is Cc1csc(CCNC(c2ccc(F)cc2)C2CC2)n1. The molecule has 1 aliphatic rings. The maximum atomic E-state index is 13.0. The van der Waals surface area contributed by atoms with Crippen LogP contribution in [0.2, 0.25) is 0 Å². The Morgan fingerprint density at radius 3 is 2.70 bits per heavy atom. The van der Waals surface area contributed by atoms with Crippen molar-refractivity contribution in [2.75, 3.05) is 6.54 Å². The van der Waals surface area contributed by atoms with Crippen LogP contribution in [-0.2, 0) is 6.42 Å². The first-order chi connectivity index (χ1) is 9.72. The molecule has 20 heavy (non-hydrogen) atoms. The first-order valence-electron chi connectivity index (χ1n) is 7.12. The molecule has 3 rings (SSSR count). The van der Waals surface area contributed by atoms with Crippen LogP contribution < -0.4 is 5.32 Å². The molecular weight excluding hydrogens is 271 g/mol. The second kappa shape index (κ2) is 6.02. The van der Waals surface area contributed by atoms with Crippen molar-refractivity contribution in [1.29, 1.82) is 0 Å². The fraction of sp³-hybridized carbons (Fsp3) is 0.438. The molecular formula is C16H19FN2S. The van der Waals surface area contributed by atoms with Gasteiger partial charge in [-0.05, 0) is 43.4 Å². The Balaban J connectivity index is 1.59. The Bertz CT molecular complexity index is 560. The summed E-state index contributed by atoms with van der Waals surface area (Å²) in [6.07, 6.45) is 3.50. The predicted octanol–water partition coefficient (Wildman–Crippen LogP) is 3.87. The highest BCUT2D eigenvalue weighted by Gasteiger charge is 2.31. The highest BCUT2D eigenvalue weighted by Crippen LogP contribution is 2.40. The highest BCUT2D eigenvalue weighted by molar-refractivity contribution is 7.09. The number of nitrogens with zero attached hydrogens (tertiary/aromatic N) is 1. The first kappa shape index (κ1) is 13.7. The lowest BCUT2D eigenvalue weighted by atomic mass is 10.0. The summed E-state index contributed by atoms with van der Waals surface area (Å²) in [4.78, 5) is 4.48. The Labute approximate surface area is 123 Å². The molecule has 0 radical (unpaired) electrons. The van der Waals surface area contributed by atoms with Crippen LogP contribution in [0, 0.1) is 18.7 Å². The molecule has 2 aromatic rings. The van der Waals surface area contributed by atoms with E-state index < -0.39 is 0 Å². The van der Waals surface area contributed by atoms with E-state index in [1.807, 2.05) is 19.1 Å². The van der Waals surface area contributed by atoms with Gasteiger partial charge in [0.1, 0.15) is 5.82 Å². The molecule has 0 bridgehead atoms. The number of hydrogen-bond acceptors (Lipinski definition) is 3. The van der Waals surface area contributed by atoms with Gasteiger partial charge in [0.05, 0.1) is 5.01 Å². The first-order valence-corrected chi connectivity index (χ1v) is 8.00. The number of benzene rings is 1. The molecule has 1 saturated carbocycles. The topological polar surface area (TPSA) is 24.9 Å². The molecule has 0 spiro atoms. The van der Waals surface area contributed by atoms with Gasteiger partial charge >= 0.3 is 0 Å². The van der Waals surface area contributed by atoms with Gasteiger partial charge in [0.2, 0.25) is 0 Å². The van der Waals surface area contributed by atoms with E-state index in [9.17, 15) is 4.39 Å². The third kappa shape index (κ3) is 3.44. The molecule has 1 unspecified atom stereocenters. The molecule has 1 heterocycles. The zero-order chi connectivity index (χ0) is 13.9. The molecule has 0 aliphatic heterocycles. The maximum Gasteiger partial charge on any atom is 0.123 e. The van der Waals surface area contributed by atoms with E-state index in [-0.39, 0.29) is 5.82 Å². The molecule has 1 N–H and O–H groups in total. The Hall–Kier alpha value is -1.26. The minimum absolute atomic E-state index is 0.165. The smallest absolute Gasteiger partial charge is 0.123 e. The summed E-state index contributed by atoms with van der Waals surface area (Å²) < 4.78 is 13.0. The summed E-state index contributed by atoms with van der Waals surface area (Å²) >= 11 is 1.72. The second-order valence-corrected chi connectivity index (χ2v) is 6.40. The summed E-state index contributed by atoms with van der Waals surface area (Å²) in [5, 5.41) is 6.89. The minimum atomic E-state index is -0.165. The molecule has 1 aliphatic carbocycles. The Morgan fingerprint density at radius 2 is 2.10 bits per heavy atom. The van der Waals surface area contributed by atoms with Gasteiger partial charge in [-0.25, -0.2) is 9.37 Å². The van der Waals surface area contributed by atoms with E-state index in [1.165, 1.54) is 23.4 Å². The molecule has 1 fully saturated rings. The Kier molecular flexibility index (Phi) is 4.13. The molecule has 106 valence electrons. The zero-order valence-electron chi connectivity index (χ0n) is 11.6. The summed E-state index contributed by atoms with van der Waals surface area (Å²) in [5.74, 6) is 0.542. The molecule has 1 atom stereocenters. The molecule has 1 aromatic carbocycles. The van der Waals surface area contributed by atoms with E-state index in [0.717, 1.165) is 18.7 Å². The van der Waals surface area contributed by atoms with Crippen LogP contribution in [0.5, 0.6) is 0 Å². The molecule has 4 heteroatoms. The lowest BCUT2D eigenvalue weighted by Gasteiger charge is -2.18. The van der Waals surface area contributed by atoms with Crippen LogP contribution in [-0.4, -0.2) is 11.5 Å². The molecule has 0 amide bonds. The van der Waals surface area contributed by atoms with Crippen molar-refractivity contribution in [3.05, 3.63) is 51.7 Å². The van der Waals surface area contributed by atoms with E-state index >= 15 is 0 Å². The van der Waals surface area contributed by atoms with Crippen LogP contribution in [0.4, 0.5) is 4.39 Å². The van der Waals surface area contributed by atoms with Crippen LogP contribution in [0.3, 0.4) is 0 Å². The molecule has 1 aromatic heterocycles. The fourth-order valence-corrected chi connectivity index (χ4v) is 3.28. The number of aromatic nitrogens is 1. The van der Waals surface area contributed by atoms with Crippen molar-refractivity contribution in [2.24, 2.45) is 5.92 Å². The average molecular weight is 290 g/mol. The van der Waals surface area contributed by atoms with Crippen LogP contribution in [0.15, 0.2) is 29.6 Å². The predicted molar refractivity (Wildman–Crippen MR) is 80.4 cm³/mol. The van der Waals surface area contributed by atoms with Crippen LogP contribution >= 0.6 is 11.3 Å². The lowest BCUT2D eigenvalue weighted by molar-refractivity contribution is 0.483. The summed E-state index contributed by atoms with van der Waals surface area (Å²) in [6, 6.07) is 7.27. The van der Waals surface area contributed by atoms with Crippen LogP contribution in [0.25, 0.3) is 0 Å². The number of thiazole rings is 1. The maximum absolute atomic E-state index is 13.0. The van der Waals surface area contributed by atoms with Gasteiger partial charge < -0.3 is 5.32 Å². The highest BCUT2D eigenvalue weighted by atomic mass is 32.1. The zero-order valence-corrected chi connectivity index (χ0v) is 12.4. The van der Waals surface area contributed by atoms with Gasteiger partial charge in [0.15, 0.2) is 0 Å². The van der Waals surface area contributed by atoms with E-state index in [2.05, 4.69) is 15.7 Å². The monoisotopic (exact) mass is 290 g/mol. The lowest BCUT2D eigenvalue weighted by Crippen LogP contribution is -2.25. The van der Waals surface area contributed by atoms with Crippen LogP contribution in [0.1, 0.15) is 35.1 Å². The van der Waals surface area contributed by atoms with Crippen molar-refractivity contribution >= 4 is 11.3 Å². The Morgan fingerprint density at radius 1 is 1.35 bits per heavy atom. The largest absolute Gasteiger partial charge is 0.309 e. The number of hydrogen-bond donors (Lipinski definition) is 1. The van der Waals surface area contributed by atoms with Gasteiger partial charge in [-0.1, -0.05) is 12.1 Å². The van der Waals surface area contributed by atoms with Crippen molar-refractivity contribution < 1.29 is 4.39 Å². The van der Waals surface area contributed by atoms with Crippen molar-refractivity contribution in [3.63, 3.8) is 0 Å². The van der Waals surface area contributed by atoms with E-state index in [0.29, 0.717) is 12.0 Å². The van der Waals surface area contributed by atoms with Gasteiger partial charge in [-0.15, -0.1) is 11.3 Å². The molecule has 2 nitrogen and oxygen atoms in total. The average Bonchev–Trinajstić information content (AvgIpc) is 3.19. The standard InChI is InChI=1S/C16H19FN2S/c1-11-10-20-15(19-11)8-9-18-16(12-2-3-12)13-4-6-14(17)7-5-13/h4-7,10,12,16,18H,2-3,8-9H2,1H3. The van der Waals surface area contributed by atoms with Crippen molar-refractivity contribution in [2.45, 2.75) is 32.2 Å². The number of rotatable bonds is 6. The number of halogens is 1.